The summed E-state index contributed by atoms with van der Waals surface area (Å²) in [6.45, 7) is 20.7. The molecule has 23 heteroatoms. The van der Waals surface area contributed by atoms with Crippen LogP contribution >= 0.6 is 0 Å². The molecule has 0 bridgehead atoms. The first-order valence-corrected chi connectivity index (χ1v) is 27.7. The molecule has 0 unspecified atom stereocenters. The highest BCUT2D eigenvalue weighted by atomic mass is 16.9. The summed E-state index contributed by atoms with van der Waals surface area (Å²) in [6, 6.07) is 9.19. The third kappa shape index (κ3) is 18.3. The predicted octanol–water partition coefficient (Wildman–Crippen LogP) is 6.25. The van der Waals surface area contributed by atoms with E-state index in [1.54, 1.807) is 76.1 Å². The van der Waals surface area contributed by atoms with Gasteiger partial charge in [0.1, 0.15) is 24.4 Å². The average molecular weight is 1140 g/mol. The minimum atomic E-state index is -0.579. The molecule has 23 nitrogen and oxygen atoms in total. The third-order valence-electron chi connectivity index (χ3n) is 15.2. The Labute approximate surface area is 468 Å². The molecule has 0 aliphatic carbocycles. The summed E-state index contributed by atoms with van der Waals surface area (Å²) < 4.78 is 120. The van der Waals surface area contributed by atoms with E-state index in [2.05, 4.69) is 48.5 Å². The zero-order chi connectivity index (χ0) is 57.9. The van der Waals surface area contributed by atoms with Gasteiger partial charge in [-0.2, -0.15) is 0 Å². The van der Waals surface area contributed by atoms with Crippen LogP contribution in [-0.2, 0) is 104 Å². The first-order chi connectivity index (χ1) is 38.0. The topological polar surface area (TPSA) is 220 Å². The van der Waals surface area contributed by atoms with Crippen molar-refractivity contribution >= 4 is 5.78 Å². The zero-order valence-electron chi connectivity index (χ0n) is 50.0. The monoisotopic (exact) mass is 1140 g/mol. The Hall–Kier alpha value is -1.99. The van der Waals surface area contributed by atoms with Crippen molar-refractivity contribution in [3.05, 3.63) is 35.9 Å². The summed E-state index contributed by atoms with van der Waals surface area (Å²) in [5, 5.41) is 0. The molecule has 458 valence electrons. The maximum atomic E-state index is 12.3. The Bertz CT molecular complexity index is 1740. The van der Waals surface area contributed by atoms with E-state index >= 15 is 0 Å². The van der Waals surface area contributed by atoms with Crippen molar-refractivity contribution in [3.63, 3.8) is 0 Å². The zero-order valence-corrected chi connectivity index (χ0v) is 50.0. The molecule has 8 aliphatic rings. The van der Waals surface area contributed by atoms with Gasteiger partial charge in [-0.25, -0.2) is 0 Å². The van der Waals surface area contributed by atoms with Crippen LogP contribution in [0.3, 0.4) is 0 Å². The molecule has 0 amide bonds. The Morgan fingerprint density at radius 1 is 0.430 bits per heavy atom. The lowest BCUT2D eigenvalue weighted by atomic mass is 9.97. The Kier molecular flexibility index (Phi) is 29.3. The van der Waals surface area contributed by atoms with E-state index in [1.807, 2.05) is 32.0 Å². The van der Waals surface area contributed by atoms with Gasteiger partial charge in [0.05, 0.1) is 44.2 Å². The molecule has 0 aromatic heterocycles. The van der Waals surface area contributed by atoms with Gasteiger partial charge < -0.3 is 104 Å². The predicted molar refractivity (Wildman–Crippen MR) is 281 cm³/mol. The second-order valence-electron chi connectivity index (χ2n) is 20.9. The van der Waals surface area contributed by atoms with Crippen LogP contribution in [0.4, 0.5) is 0 Å². The van der Waals surface area contributed by atoms with E-state index in [0.29, 0.717) is 49.1 Å². The SMILES string of the molecule is CC[C@@H](C)[C@@H]1O[C@H](OC)[C@@H](OC)O[C@H]1C.CC[C@@H](C)[C@@H]1O[C@H](OC)[C@H](OC)O[C@H]1C.CO[C@@H]1O[C@@H]2OC[C@@H](C)[C@@H]2O[C@@H]1OC.CO[C@H]1O[C@@H]2OC[C@@H](C)[C@@H]2O[C@@H]1CC(=O)c1ccccc1.CO[C@H]1O[C@@H]2OC[C@@H](C)[C@@H]2O[C@@H]1OC. The molecule has 8 fully saturated rings. The molecule has 1 aromatic carbocycles. The van der Waals surface area contributed by atoms with Crippen molar-refractivity contribution in [2.75, 3.05) is 83.8 Å². The molecule has 79 heavy (non-hydrogen) atoms. The molecule has 25 atom stereocenters. The Balaban J connectivity index is 0.000000184. The average Bonchev–Trinajstić information content (AvgIpc) is 4.20. The van der Waals surface area contributed by atoms with Crippen LogP contribution in [0, 0.1) is 29.6 Å². The molecule has 0 radical (unpaired) electrons. The van der Waals surface area contributed by atoms with Crippen LogP contribution in [0.25, 0.3) is 0 Å². The number of carbonyl (C=O) groups excluding carboxylic acids is 1. The smallest absolute Gasteiger partial charge is 0.211 e. The molecular weight excluding hydrogens is 1040 g/mol. The highest BCUT2D eigenvalue weighted by molar-refractivity contribution is 5.96. The van der Waals surface area contributed by atoms with Crippen molar-refractivity contribution in [2.45, 2.75) is 206 Å². The normalized spacial score (nSPS) is 41.2. The summed E-state index contributed by atoms with van der Waals surface area (Å²) in [6.07, 6.45) is -3.32. The summed E-state index contributed by atoms with van der Waals surface area (Å²) in [5.74, 6) is 1.84. The highest BCUT2D eigenvalue weighted by Crippen LogP contribution is 2.36. The number of Topliss-reactive ketones (excluding diaryl/α,β-unsaturated/α-hetero) is 1. The number of hydrogen-bond donors (Lipinski definition) is 0. The number of ketones is 1. The number of carbonyl (C=O) groups is 1. The molecule has 9 rings (SSSR count). The lowest BCUT2D eigenvalue weighted by Gasteiger charge is -2.41. The van der Waals surface area contributed by atoms with Gasteiger partial charge in [0.2, 0.25) is 50.3 Å². The van der Waals surface area contributed by atoms with Gasteiger partial charge in [0.15, 0.2) is 30.9 Å². The second-order valence-corrected chi connectivity index (χ2v) is 20.9. The van der Waals surface area contributed by atoms with Crippen LogP contribution in [0.2, 0.25) is 0 Å². The number of rotatable bonds is 16. The van der Waals surface area contributed by atoms with E-state index in [-0.39, 0.29) is 73.4 Å². The highest BCUT2D eigenvalue weighted by Gasteiger charge is 2.49. The number of benzene rings is 1. The summed E-state index contributed by atoms with van der Waals surface area (Å²) in [5.41, 5.74) is 0.675. The van der Waals surface area contributed by atoms with Crippen molar-refractivity contribution in [1.82, 2.24) is 0 Å². The van der Waals surface area contributed by atoms with Crippen LogP contribution in [-0.4, -0.2) is 214 Å². The number of fused-ring (bicyclic) bond motifs is 3. The maximum absolute atomic E-state index is 12.3. The van der Waals surface area contributed by atoms with E-state index < -0.39 is 69.0 Å². The molecule has 8 aliphatic heterocycles. The van der Waals surface area contributed by atoms with Crippen molar-refractivity contribution < 1.29 is 109 Å². The van der Waals surface area contributed by atoms with E-state index in [4.69, 9.17) is 104 Å². The van der Waals surface area contributed by atoms with Gasteiger partial charge in [-0.1, -0.05) is 91.6 Å². The number of hydrogen-bond acceptors (Lipinski definition) is 23. The fourth-order valence-corrected chi connectivity index (χ4v) is 10.0. The van der Waals surface area contributed by atoms with Crippen LogP contribution in [0.5, 0.6) is 0 Å². The van der Waals surface area contributed by atoms with Crippen LogP contribution < -0.4 is 0 Å². The Morgan fingerprint density at radius 3 is 1.08 bits per heavy atom. The molecule has 1 aromatic rings. The lowest BCUT2D eigenvalue weighted by molar-refractivity contribution is -0.378. The third-order valence-corrected chi connectivity index (χ3v) is 15.2. The quantitative estimate of drug-likeness (QED) is 0.167. The van der Waals surface area contributed by atoms with E-state index in [9.17, 15) is 4.79 Å². The van der Waals surface area contributed by atoms with Crippen LogP contribution in [0.15, 0.2) is 30.3 Å². The van der Waals surface area contributed by atoms with Crippen molar-refractivity contribution in [1.29, 1.82) is 0 Å². The fourth-order valence-electron chi connectivity index (χ4n) is 10.0. The molecule has 8 heterocycles. The Morgan fingerprint density at radius 2 is 0.734 bits per heavy atom. The summed E-state index contributed by atoms with van der Waals surface area (Å²) in [7, 11) is 14.2. The number of methoxy groups -OCH3 is 9. The van der Waals surface area contributed by atoms with Gasteiger partial charge >= 0.3 is 0 Å². The molecular formula is C56H96O23. The minimum Gasteiger partial charge on any atom is -0.364 e. The largest absolute Gasteiger partial charge is 0.364 e. The minimum absolute atomic E-state index is 0.0243. The molecule has 0 saturated carbocycles. The summed E-state index contributed by atoms with van der Waals surface area (Å²) >= 11 is 0. The van der Waals surface area contributed by atoms with Gasteiger partial charge in [-0.15, -0.1) is 0 Å². The molecule has 8 saturated heterocycles. The van der Waals surface area contributed by atoms with Gasteiger partial charge in [-0.3, -0.25) is 4.79 Å². The van der Waals surface area contributed by atoms with Gasteiger partial charge in [0, 0.05) is 93.7 Å². The van der Waals surface area contributed by atoms with Gasteiger partial charge in [0.25, 0.3) is 0 Å². The first-order valence-electron chi connectivity index (χ1n) is 27.7. The number of ether oxygens (including phenoxy) is 22. The second kappa shape index (κ2) is 34.1. The van der Waals surface area contributed by atoms with Crippen LogP contribution in [0.1, 0.15) is 91.9 Å². The maximum Gasteiger partial charge on any atom is 0.211 e. The van der Waals surface area contributed by atoms with Crippen molar-refractivity contribution in [2.24, 2.45) is 29.6 Å². The summed E-state index contributed by atoms with van der Waals surface area (Å²) in [4.78, 5) is 12.3. The molecule has 0 N–H and O–H groups in total. The van der Waals surface area contributed by atoms with E-state index in [0.717, 1.165) is 12.8 Å². The van der Waals surface area contributed by atoms with Gasteiger partial charge in [-0.05, 0) is 25.7 Å². The van der Waals surface area contributed by atoms with Crippen molar-refractivity contribution in [3.8, 4) is 0 Å². The van der Waals surface area contributed by atoms with E-state index in [1.165, 1.54) is 0 Å². The lowest BCUT2D eigenvalue weighted by Crippen LogP contribution is -2.51. The first kappa shape index (κ1) is 67.8. The molecule has 0 spiro atoms. The fraction of sp³-hybridized carbons (Fsp3) is 0.875. The standard InChI is InChI=1S/C16H20O5.2C11H22O4.2C9H16O5/c1-10-9-19-16-14(10)20-13(15(18-2)21-16)8-12(17)11-6-4-3-5-7-11;2*1-6-7(2)9-8(3)14-10(12-4)11(13-5)15-9;2*1-5-4-12-7-6(5)13-8(10-2)9(11-3)14-7/h3-7,10,13-16H,8-9H2,1-2H3;2*7-11H,6H2,1-5H3;2*5-9H,4H2,1-3H3/t10-,13-,14+,15+,16+;7-,8+,9+,10+,11+;7-,8+,9+,10-,11+;5-,6+,7+,8+,9+;5-,6+,7+,8+,9-/m11111/s1.